The van der Waals surface area contributed by atoms with Crippen LogP contribution in [0.1, 0.15) is 67.1 Å². The molecule has 7 nitrogen and oxygen atoms in total. The van der Waals surface area contributed by atoms with Gasteiger partial charge in [-0.2, -0.15) is 0 Å². The smallest absolute Gasteiger partial charge is 0.266 e. The third-order valence-electron chi connectivity index (χ3n) is 5.93. The Kier molecular flexibility index (Phi) is 7.17. The second kappa shape index (κ2) is 9.97. The summed E-state index contributed by atoms with van der Waals surface area (Å²) >= 11 is 0. The van der Waals surface area contributed by atoms with E-state index in [2.05, 4.69) is 15.3 Å². The fourth-order valence-electron chi connectivity index (χ4n) is 3.80. The third-order valence-corrected chi connectivity index (χ3v) is 5.93. The number of carbonyl (C=O) groups excluding carboxylic acids is 1. The van der Waals surface area contributed by atoms with Crippen LogP contribution in [0.5, 0.6) is 0 Å². The Morgan fingerprint density at radius 3 is 2.34 bits per heavy atom. The fourth-order valence-corrected chi connectivity index (χ4v) is 3.80. The molecule has 2 aromatic rings. The SMILES string of the molecule is C[C@@H](Nc1ncnc(C(F)C(=O)NC2(C(F)F)CC2)c1C1OCCO1)c1cccc(C(F)F)c1F. The Morgan fingerprint density at radius 1 is 1.09 bits per heavy atom. The number of amides is 1. The van der Waals surface area contributed by atoms with Crippen LogP contribution in [-0.4, -0.2) is 41.1 Å². The first-order valence-electron chi connectivity index (χ1n) is 10.8. The van der Waals surface area contributed by atoms with Gasteiger partial charge in [0.15, 0.2) is 6.29 Å². The number of alkyl halides is 5. The van der Waals surface area contributed by atoms with Gasteiger partial charge in [0.05, 0.1) is 36.1 Å². The molecule has 0 radical (unpaired) electrons. The van der Waals surface area contributed by atoms with Crippen LogP contribution in [0.4, 0.5) is 32.2 Å². The van der Waals surface area contributed by atoms with Crippen LogP contribution < -0.4 is 10.6 Å². The van der Waals surface area contributed by atoms with E-state index in [1.54, 1.807) is 0 Å². The molecule has 1 aromatic carbocycles. The quantitative estimate of drug-likeness (QED) is 0.482. The summed E-state index contributed by atoms with van der Waals surface area (Å²) in [5, 5.41) is 4.86. The van der Waals surface area contributed by atoms with Crippen LogP contribution in [0.2, 0.25) is 0 Å². The molecule has 2 heterocycles. The van der Waals surface area contributed by atoms with Gasteiger partial charge in [-0.05, 0) is 19.8 Å². The highest BCUT2D eigenvalue weighted by atomic mass is 19.3. The first kappa shape index (κ1) is 25.2. The number of hydrogen-bond donors (Lipinski definition) is 2. The number of nitrogens with zero attached hydrogens (tertiary/aromatic N) is 2. The summed E-state index contributed by atoms with van der Waals surface area (Å²) in [6.07, 6.45) is -8.60. The number of ether oxygens (including phenoxy) is 2. The van der Waals surface area contributed by atoms with Crippen molar-refractivity contribution in [1.82, 2.24) is 15.3 Å². The number of carbonyl (C=O) groups is 1. The minimum atomic E-state index is -3.03. The van der Waals surface area contributed by atoms with Gasteiger partial charge < -0.3 is 20.1 Å². The lowest BCUT2D eigenvalue weighted by Crippen LogP contribution is -2.44. The van der Waals surface area contributed by atoms with Gasteiger partial charge in [-0.3, -0.25) is 4.79 Å². The second-order valence-corrected chi connectivity index (χ2v) is 8.32. The van der Waals surface area contributed by atoms with Crippen LogP contribution >= 0.6 is 0 Å². The average molecular weight is 504 g/mol. The lowest BCUT2D eigenvalue weighted by Gasteiger charge is -2.23. The summed E-state index contributed by atoms with van der Waals surface area (Å²) in [6, 6.07) is 2.60. The maximum Gasteiger partial charge on any atom is 0.266 e. The molecule has 35 heavy (non-hydrogen) atoms. The maximum atomic E-state index is 15.3. The molecular weight excluding hydrogens is 482 g/mol. The van der Waals surface area contributed by atoms with Crippen LogP contribution in [0.25, 0.3) is 0 Å². The maximum absolute atomic E-state index is 15.3. The number of hydrogen-bond acceptors (Lipinski definition) is 6. The van der Waals surface area contributed by atoms with Crippen molar-refractivity contribution >= 4 is 11.7 Å². The van der Waals surface area contributed by atoms with Crippen LogP contribution in [0.3, 0.4) is 0 Å². The minimum absolute atomic E-state index is 0.0160. The van der Waals surface area contributed by atoms with E-state index < -0.39 is 59.9 Å². The fraction of sp³-hybridized carbons (Fsp3) is 0.500. The Balaban J connectivity index is 1.65. The summed E-state index contributed by atoms with van der Waals surface area (Å²) < 4.78 is 93.4. The molecule has 2 atom stereocenters. The Morgan fingerprint density at radius 2 is 1.74 bits per heavy atom. The Bertz CT molecular complexity index is 1080. The van der Waals surface area contributed by atoms with E-state index in [4.69, 9.17) is 9.47 Å². The predicted octanol–water partition coefficient (Wildman–Crippen LogP) is 4.70. The molecule has 1 aliphatic carbocycles. The lowest BCUT2D eigenvalue weighted by molar-refractivity contribution is -0.128. The molecule has 1 saturated carbocycles. The van der Waals surface area contributed by atoms with Gasteiger partial charge in [0.25, 0.3) is 18.8 Å². The van der Waals surface area contributed by atoms with Crippen molar-refractivity contribution in [2.24, 2.45) is 0 Å². The predicted molar refractivity (Wildman–Crippen MR) is 110 cm³/mol. The molecule has 1 amide bonds. The van der Waals surface area contributed by atoms with E-state index in [1.807, 2.05) is 5.32 Å². The Labute approximate surface area is 196 Å². The van der Waals surface area contributed by atoms with E-state index in [0.29, 0.717) is 0 Å². The molecule has 1 unspecified atom stereocenters. The average Bonchev–Trinajstić information content (AvgIpc) is 3.41. The second-order valence-electron chi connectivity index (χ2n) is 8.32. The van der Waals surface area contributed by atoms with Gasteiger partial charge in [0.2, 0.25) is 6.17 Å². The largest absolute Gasteiger partial charge is 0.363 e. The number of anilines is 1. The lowest BCUT2D eigenvalue weighted by atomic mass is 10.0. The summed E-state index contributed by atoms with van der Waals surface area (Å²) in [7, 11) is 0. The molecule has 1 aliphatic heterocycles. The zero-order chi connectivity index (χ0) is 25.3. The van der Waals surface area contributed by atoms with Crippen LogP contribution in [0.15, 0.2) is 24.5 Å². The standard InChI is InChI=1S/C22H22F6N4O3/c1-10(11-3-2-4-12(14(11)23)17(25)26)31-18-13(20-34-7-8-35-20)16(29-9-30-18)15(24)19(33)32-22(5-6-22)21(27)28/h2-4,9-10,15,17,20-21H,5-8H2,1H3,(H,32,33)(H,29,30,31)/t10-,15?/m1/s1. The van der Waals surface area contributed by atoms with Crippen molar-refractivity contribution in [2.45, 2.75) is 56.7 Å². The molecule has 2 N–H and O–H groups in total. The molecule has 0 spiro atoms. The monoisotopic (exact) mass is 504 g/mol. The third kappa shape index (κ3) is 5.06. The van der Waals surface area contributed by atoms with Crippen molar-refractivity contribution in [2.75, 3.05) is 18.5 Å². The zero-order valence-corrected chi connectivity index (χ0v) is 18.4. The van der Waals surface area contributed by atoms with Crippen molar-refractivity contribution < 1.29 is 40.6 Å². The molecule has 13 heteroatoms. The molecular formula is C22H22F6N4O3. The van der Waals surface area contributed by atoms with Crippen molar-refractivity contribution in [3.8, 4) is 0 Å². The van der Waals surface area contributed by atoms with E-state index in [0.717, 1.165) is 12.4 Å². The summed E-state index contributed by atoms with van der Waals surface area (Å²) in [6.45, 7) is 1.74. The highest BCUT2D eigenvalue weighted by Crippen LogP contribution is 2.42. The van der Waals surface area contributed by atoms with Gasteiger partial charge in [0, 0.05) is 5.56 Å². The van der Waals surface area contributed by atoms with Gasteiger partial charge >= 0.3 is 0 Å². The van der Waals surface area contributed by atoms with Crippen LogP contribution in [-0.2, 0) is 14.3 Å². The zero-order valence-electron chi connectivity index (χ0n) is 18.4. The molecule has 1 saturated heterocycles. The number of benzene rings is 1. The van der Waals surface area contributed by atoms with Crippen molar-refractivity contribution in [1.29, 1.82) is 0 Å². The van der Waals surface area contributed by atoms with E-state index in [-0.39, 0.29) is 43.0 Å². The molecule has 2 aliphatic rings. The number of halogens is 6. The van der Waals surface area contributed by atoms with E-state index in [9.17, 15) is 26.7 Å². The van der Waals surface area contributed by atoms with Gasteiger partial charge in [0.1, 0.15) is 23.5 Å². The van der Waals surface area contributed by atoms with Crippen molar-refractivity contribution in [3.05, 3.63) is 52.7 Å². The van der Waals surface area contributed by atoms with Crippen molar-refractivity contribution in [3.63, 3.8) is 0 Å². The molecule has 190 valence electrons. The first-order valence-corrected chi connectivity index (χ1v) is 10.8. The topological polar surface area (TPSA) is 85.4 Å². The van der Waals surface area contributed by atoms with Crippen LogP contribution in [0, 0.1) is 5.82 Å². The molecule has 0 bridgehead atoms. The highest BCUT2D eigenvalue weighted by molar-refractivity contribution is 5.83. The number of rotatable bonds is 9. The molecule has 2 fully saturated rings. The highest BCUT2D eigenvalue weighted by Gasteiger charge is 2.53. The van der Waals surface area contributed by atoms with E-state index >= 15 is 4.39 Å². The summed E-state index contributed by atoms with van der Waals surface area (Å²) in [4.78, 5) is 20.3. The van der Waals surface area contributed by atoms with Gasteiger partial charge in [-0.15, -0.1) is 0 Å². The summed E-state index contributed by atoms with van der Waals surface area (Å²) in [5.74, 6) is -2.52. The first-order chi connectivity index (χ1) is 16.6. The van der Waals surface area contributed by atoms with Gasteiger partial charge in [-0.1, -0.05) is 18.2 Å². The molecule has 1 aromatic heterocycles. The minimum Gasteiger partial charge on any atom is -0.363 e. The normalized spacial score (nSPS) is 19.1. The number of aromatic nitrogens is 2. The molecule has 4 rings (SSSR count). The Hall–Kier alpha value is -2.93. The van der Waals surface area contributed by atoms with Gasteiger partial charge in [-0.25, -0.2) is 36.3 Å². The van der Waals surface area contributed by atoms with E-state index in [1.165, 1.54) is 19.1 Å². The summed E-state index contributed by atoms with van der Waals surface area (Å²) in [5.41, 5.74) is -3.25. The number of nitrogens with one attached hydrogen (secondary N) is 2.